The molecule has 1 aromatic carbocycles. The SMILES string of the molecule is Cc1c(Br)cccc1CCNC(=O)Cc1ccon1. The van der Waals surface area contributed by atoms with Crippen LogP contribution in [0.3, 0.4) is 0 Å². The second-order valence-corrected chi connectivity index (χ2v) is 5.15. The van der Waals surface area contributed by atoms with Crippen molar-refractivity contribution < 1.29 is 9.32 Å². The molecule has 0 saturated heterocycles. The number of rotatable bonds is 5. The van der Waals surface area contributed by atoms with Gasteiger partial charge in [0.2, 0.25) is 5.91 Å². The van der Waals surface area contributed by atoms with Gasteiger partial charge in [-0.1, -0.05) is 33.2 Å². The van der Waals surface area contributed by atoms with E-state index < -0.39 is 0 Å². The Morgan fingerprint density at radius 2 is 2.26 bits per heavy atom. The fraction of sp³-hybridized carbons (Fsp3) is 0.286. The van der Waals surface area contributed by atoms with Crippen molar-refractivity contribution >= 4 is 21.8 Å². The summed E-state index contributed by atoms with van der Waals surface area (Å²) in [5.41, 5.74) is 3.10. The average Bonchev–Trinajstić information content (AvgIpc) is 2.87. The van der Waals surface area contributed by atoms with Gasteiger partial charge in [0.1, 0.15) is 6.26 Å². The number of hydrogen-bond acceptors (Lipinski definition) is 3. The Bertz CT molecular complexity index is 553. The molecule has 2 rings (SSSR count). The van der Waals surface area contributed by atoms with Crippen molar-refractivity contribution in [3.8, 4) is 0 Å². The lowest BCUT2D eigenvalue weighted by Crippen LogP contribution is -2.27. The number of aromatic nitrogens is 1. The Kier molecular flexibility index (Phi) is 4.74. The summed E-state index contributed by atoms with van der Waals surface area (Å²) in [6, 6.07) is 7.79. The molecule has 0 atom stereocenters. The van der Waals surface area contributed by atoms with Crippen molar-refractivity contribution in [1.82, 2.24) is 10.5 Å². The van der Waals surface area contributed by atoms with Gasteiger partial charge in [-0.3, -0.25) is 4.79 Å². The van der Waals surface area contributed by atoms with Crippen LogP contribution < -0.4 is 5.32 Å². The molecule has 1 N–H and O–H groups in total. The normalized spacial score (nSPS) is 10.4. The van der Waals surface area contributed by atoms with Gasteiger partial charge < -0.3 is 9.84 Å². The lowest BCUT2D eigenvalue weighted by atomic mass is 10.1. The zero-order valence-electron chi connectivity index (χ0n) is 10.6. The number of carbonyl (C=O) groups excluding carboxylic acids is 1. The molecule has 0 saturated carbocycles. The molecule has 5 heteroatoms. The minimum absolute atomic E-state index is 0.0402. The van der Waals surface area contributed by atoms with Crippen LogP contribution in [-0.4, -0.2) is 17.6 Å². The molecule has 1 heterocycles. The van der Waals surface area contributed by atoms with Gasteiger partial charge >= 0.3 is 0 Å². The van der Waals surface area contributed by atoms with Gasteiger partial charge in [-0.25, -0.2) is 0 Å². The van der Waals surface area contributed by atoms with E-state index >= 15 is 0 Å². The van der Waals surface area contributed by atoms with Crippen molar-refractivity contribution in [1.29, 1.82) is 0 Å². The third-order valence-corrected chi connectivity index (χ3v) is 3.79. The zero-order valence-corrected chi connectivity index (χ0v) is 12.2. The van der Waals surface area contributed by atoms with E-state index in [0.29, 0.717) is 12.2 Å². The lowest BCUT2D eigenvalue weighted by molar-refractivity contribution is -0.120. The third-order valence-electron chi connectivity index (χ3n) is 2.93. The van der Waals surface area contributed by atoms with Crippen molar-refractivity contribution in [3.63, 3.8) is 0 Å². The largest absolute Gasteiger partial charge is 0.364 e. The molecular weight excluding hydrogens is 308 g/mol. The molecule has 0 aliphatic carbocycles. The van der Waals surface area contributed by atoms with E-state index in [1.807, 2.05) is 12.1 Å². The van der Waals surface area contributed by atoms with E-state index in [2.05, 4.69) is 43.9 Å². The summed E-state index contributed by atoms with van der Waals surface area (Å²) in [5, 5.41) is 6.59. The first-order valence-electron chi connectivity index (χ1n) is 6.07. The van der Waals surface area contributed by atoms with Crippen LogP contribution in [0.15, 0.2) is 39.5 Å². The molecule has 0 fully saturated rings. The van der Waals surface area contributed by atoms with E-state index in [1.54, 1.807) is 6.07 Å². The van der Waals surface area contributed by atoms with Crippen molar-refractivity contribution in [3.05, 3.63) is 51.8 Å². The maximum absolute atomic E-state index is 11.7. The smallest absolute Gasteiger partial charge is 0.226 e. The summed E-state index contributed by atoms with van der Waals surface area (Å²) < 4.78 is 5.78. The van der Waals surface area contributed by atoms with E-state index in [0.717, 1.165) is 10.9 Å². The molecule has 2 aromatic rings. The van der Waals surface area contributed by atoms with E-state index in [-0.39, 0.29) is 12.3 Å². The summed E-state index contributed by atoms with van der Waals surface area (Å²) in [5.74, 6) is -0.0402. The van der Waals surface area contributed by atoms with Gasteiger partial charge in [-0.15, -0.1) is 0 Å². The number of nitrogens with one attached hydrogen (secondary N) is 1. The fourth-order valence-corrected chi connectivity index (χ4v) is 2.22. The first-order valence-corrected chi connectivity index (χ1v) is 6.86. The quantitative estimate of drug-likeness (QED) is 0.920. The predicted octanol–water partition coefficient (Wildman–Crippen LogP) is 2.65. The number of carbonyl (C=O) groups is 1. The van der Waals surface area contributed by atoms with Crippen LogP contribution in [0.25, 0.3) is 0 Å². The Hall–Kier alpha value is -1.62. The molecule has 0 bridgehead atoms. The molecule has 0 aliphatic rings. The molecule has 0 spiro atoms. The number of hydrogen-bond donors (Lipinski definition) is 1. The molecular formula is C14H15BrN2O2. The maximum Gasteiger partial charge on any atom is 0.226 e. The zero-order chi connectivity index (χ0) is 13.7. The molecule has 100 valence electrons. The third kappa shape index (κ3) is 3.92. The summed E-state index contributed by atoms with van der Waals surface area (Å²) in [6.07, 6.45) is 2.54. The van der Waals surface area contributed by atoms with Gasteiger partial charge in [-0.05, 0) is 30.5 Å². The highest BCUT2D eigenvalue weighted by Gasteiger charge is 2.06. The van der Waals surface area contributed by atoms with Crippen LogP contribution in [-0.2, 0) is 17.6 Å². The number of amides is 1. The van der Waals surface area contributed by atoms with Gasteiger partial charge in [0, 0.05) is 17.1 Å². The average molecular weight is 323 g/mol. The van der Waals surface area contributed by atoms with E-state index in [4.69, 9.17) is 0 Å². The van der Waals surface area contributed by atoms with Crippen LogP contribution >= 0.6 is 15.9 Å². The van der Waals surface area contributed by atoms with Crippen LogP contribution in [0.4, 0.5) is 0 Å². The van der Waals surface area contributed by atoms with Crippen molar-refractivity contribution in [2.45, 2.75) is 19.8 Å². The van der Waals surface area contributed by atoms with Crippen LogP contribution in [0.2, 0.25) is 0 Å². The predicted molar refractivity (Wildman–Crippen MR) is 75.8 cm³/mol. The van der Waals surface area contributed by atoms with Gasteiger partial charge in [-0.2, -0.15) is 0 Å². The Morgan fingerprint density at radius 1 is 1.42 bits per heavy atom. The minimum atomic E-state index is -0.0402. The molecule has 0 radical (unpaired) electrons. The van der Waals surface area contributed by atoms with Gasteiger partial charge in [0.15, 0.2) is 0 Å². The minimum Gasteiger partial charge on any atom is -0.364 e. The van der Waals surface area contributed by atoms with Crippen LogP contribution in [0.1, 0.15) is 16.8 Å². The molecule has 1 aromatic heterocycles. The summed E-state index contributed by atoms with van der Waals surface area (Å²) >= 11 is 3.50. The fourth-order valence-electron chi connectivity index (χ4n) is 1.82. The molecule has 19 heavy (non-hydrogen) atoms. The molecule has 0 aliphatic heterocycles. The highest BCUT2D eigenvalue weighted by Crippen LogP contribution is 2.19. The Balaban J connectivity index is 1.80. The highest BCUT2D eigenvalue weighted by molar-refractivity contribution is 9.10. The molecule has 4 nitrogen and oxygen atoms in total. The van der Waals surface area contributed by atoms with Gasteiger partial charge in [0.25, 0.3) is 0 Å². The van der Waals surface area contributed by atoms with E-state index in [1.165, 1.54) is 17.4 Å². The first kappa shape index (κ1) is 13.8. The molecule has 0 unspecified atom stereocenters. The standard InChI is InChI=1S/C14H15BrN2O2/c1-10-11(3-2-4-13(10)15)5-7-16-14(18)9-12-6-8-19-17-12/h2-4,6,8H,5,7,9H2,1H3,(H,16,18). The summed E-state index contributed by atoms with van der Waals surface area (Å²) in [6.45, 7) is 2.69. The lowest BCUT2D eigenvalue weighted by Gasteiger charge is -2.08. The number of halogens is 1. The Morgan fingerprint density at radius 3 is 3.00 bits per heavy atom. The van der Waals surface area contributed by atoms with Crippen molar-refractivity contribution in [2.75, 3.05) is 6.54 Å². The maximum atomic E-state index is 11.7. The second-order valence-electron chi connectivity index (χ2n) is 4.29. The van der Waals surface area contributed by atoms with Crippen LogP contribution in [0, 0.1) is 6.92 Å². The number of nitrogens with zero attached hydrogens (tertiary/aromatic N) is 1. The van der Waals surface area contributed by atoms with E-state index in [9.17, 15) is 4.79 Å². The summed E-state index contributed by atoms with van der Waals surface area (Å²) in [7, 11) is 0. The van der Waals surface area contributed by atoms with Gasteiger partial charge in [0.05, 0.1) is 12.1 Å². The monoisotopic (exact) mass is 322 g/mol. The second kappa shape index (κ2) is 6.52. The highest BCUT2D eigenvalue weighted by atomic mass is 79.9. The molecule has 1 amide bonds. The van der Waals surface area contributed by atoms with Crippen LogP contribution in [0.5, 0.6) is 0 Å². The summed E-state index contributed by atoms with van der Waals surface area (Å²) in [4.78, 5) is 11.7. The topological polar surface area (TPSA) is 55.1 Å². The van der Waals surface area contributed by atoms with Crippen molar-refractivity contribution in [2.24, 2.45) is 0 Å². The number of benzene rings is 1. The Labute approximate surface area is 120 Å². The first-order chi connectivity index (χ1) is 9.16.